The van der Waals surface area contributed by atoms with Gasteiger partial charge < -0.3 is 5.73 Å². The molecule has 6 heteroatoms. The van der Waals surface area contributed by atoms with E-state index in [1.54, 1.807) is 26.1 Å². The number of hydrogen-bond donors (Lipinski definition) is 1. The predicted octanol–water partition coefficient (Wildman–Crippen LogP) is 3.08. The molecule has 0 saturated heterocycles. The van der Waals surface area contributed by atoms with E-state index in [2.05, 4.69) is 15.9 Å². The van der Waals surface area contributed by atoms with Crippen molar-refractivity contribution >= 4 is 26.0 Å². The molecule has 2 rings (SSSR count). The van der Waals surface area contributed by atoms with Crippen molar-refractivity contribution in [2.24, 2.45) is 5.73 Å². The summed E-state index contributed by atoms with van der Waals surface area (Å²) in [6, 6.07) is 14.5. The molecule has 118 valence electrons. The number of sulfonamides is 1. The van der Waals surface area contributed by atoms with E-state index in [1.165, 1.54) is 4.31 Å². The van der Waals surface area contributed by atoms with E-state index in [9.17, 15) is 8.42 Å². The van der Waals surface area contributed by atoms with Gasteiger partial charge in [-0.3, -0.25) is 0 Å². The third-order valence-corrected chi connectivity index (χ3v) is 6.19. The Morgan fingerprint density at radius 3 is 1.95 bits per heavy atom. The molecule has 2 aromatic rings. The molecule has 0 aliphatic carbocycles. The Hall–Kier alpha value is -1.21. The summed E-state index contributed by atoms with van der Waals surface area (Å²) in [5, 5.41) is 0. The lowest BCUT2D eigenvalue weighted by Crippen LogP contribution is -2.39. The Morgan fingerprint density at radius 1 is 1.05 bits per heavy atom. The van der Waals surface area contributed by atoms with Crippen molar-refractivity contribution in [2.45, 2.75) is 17.9 Å². The molecule has 4 nitrogen and oxygen atoms in total. The van der Waals surface area contributed by atoms with Gasteiger partial charge in [-0.2, -0.15) is 4.31 Å². The van der Waals surface area contributed by atoms with E-state index < -0.39 is 10.0 Å². The first-order valence-corrected chi connectivity index (χ1v) is 9.13. The van der Waals surface area contributed by atoms with Crippen LogP contribution in [0, 0.1) is 0 Å². The van der Waals surface area contributed by atoms with Gasteiger partial charge in [-0.05, 0) is 42.3 Å². The first-order valence-electron chi connectivity index (χ1n) is 6.90. The molecule has 0 radical (unpaired) electrons. The van der Waals surface area contributed by atoms with Crippen LogP contribution in [0.4, 0.5) is 0 Å². The summed E-state index contributed by atoms with van der Waals surface area (Å²) in [5.41, 5.74) is 7.56. The van der Waals surface area contributed by atoms with Gasteiger partial charge in [0.15, 0.2) is 0 Å². The Kier molecular flexibility index (Phi) is 5.39. The molecule has 0 bridgehead atoms. The van der Waals surface area contributed by atoms with Crippen LogP contribution < -0.4 is 5.73 Å². The third kappa shape index (κ3) is 3.57. The van der Waals surface area contributed by atoms with Crippen LogP contribution in [0.3, 0.4) is 0 Å². The van der Waals surface area contributed by atoms with Crippen molar-refractivity contribution in [3.63, 3.8) is 0 Å². The van der Waals surface area contributed by atoms with Crippen molar-refractivity contribution in [1.29, 1.82) is 0 Å². The second-order valence-electron chi connectivity index (χ2n) is 5.14. The lowest BCUT2D eigenvalue weighted by molar-refractivity contribution is 0.394. The molecule has 0 fully saturated rings. The van der Waals surface area contributed by atoms with Crippen molar-refractivity contribution in [3.8, 4) is 11.1 Å². The Bertz CT molecular complexity index is 728. The summed E-state index contributed by atoms with van der Waals surface area (Å²) < 4.78 is 27.3. The number of likely N-dealkylation sites (N-methyl/N-ethyl adjacent to an activating group) is 1. The standard InChI is InChI=1S/C16H19BrN2O2S/c1-12(11-18)19(2)22(20,21)16-9-5-14(6-10-16)13-3-7-15(17)8-4-13/h3-10,12H,11,18H2,1-2H3. The number of nitrogens with two attached hydrogens (primary N) is 1. The number of benzene rings is 2. The highest BCUT2D eigenvalue weighted by atomic mass is 79.9. The van der Waals surface area contributed by atoms with Crippen molar-refractivity contribution < 1.29 is 8.42 Å². The monoisotopic (exact) mass is 382 g/mol. The van der Waals surface area contributed by atoms with Crippen LogP contribution in [0.25, 0.3) is 11.1 Å². The summed E-state index contributed by atoms with van der Waals surface area (Å²) in [6.45, 7) is 2.07. The average molecular weight is 383 g/mol. The minimum atomic E-state index is -3.51. The van der Waals surface area contributed by atoms with Gasteiger partial charge in [0.25, 0.3) is 0 Å². The first kappa shape index (κ1) is 17.1. The summed E-state index contributed by atoms with van der Waals surface area (Å²) in [6.07, 6.45) is 0. The zero-order chi connectivity index (χ0) is 16.3. The first-order chi connectivity index (χ1) is 10.4. The van der Waals surface area contributed by atoms with Gasteiger partial charge >= 0.3 is 0 Å². The lowest BCUT2D eigenvalue weighted by Gasteiger charge is -2.23. The normalized spacial score (nSPS) is 13.3. The molecule has 1 unspecified atom stereocenters. The second-order valence-corrected chi connectivity index (χ2v) is 8.05. The lowest BCUT2D eigenvalue weighted by atomic mass is 10.1. The molecule has 0 heterocycles. The van der Waals surface area contributed by atoms with Crippen molar-refractivity contribution in [2.75, 3.05) is 13.6 Å². The van der Waals surface area contributed by atoms with Crippen LogP contribution >= 0.6 is 15.9 Å². The largest absolute Gasteiger partial charge is 0.329 e. The summed E-state index contributed by atoms with van der Waals surface area (Å²) in [7, 11) is -1.96. The maximum absolute atomic E-state index is 12.5. The summed E-state index contributed by atoms with van der Waals surface area (Å²) in [4.78, 5) is 0.274. The van der Waals surface area contributed by atoms with E-state index >= 15 is 0 Å². The van der Waals surface area contributed by atoms with Crippen LogP contribution in [0.5, 0.6) is 0 Å². The molecular formula is C16H19BrN2O2S. The van der Waals surface area contributed by atoms with Gasteiger partial charge in [0, 0.05) is 24.1 Å². The quantitative estimate of drug-likeness (QED) is 0.863. The fourth-order valence-electron chi connectivity index (χ4n) is 2.01. The molecule has 0 aliphatic heterocycles. The number of rotatable bonds is 5. The van der Waals surface area contributed by atoms with Gasteiger partial charge in [-0.1, -0.05) is 40.2 Å². The molecule has 0 aromatic heterocycles. The van der Waals surface area contributed by atoms with E-state index in [0.717, 1.165) is 15.6 Å². The molecule has 0 aliphatic rings. The van der Waals surface area contributed by atoms with Crippen molar-refractivity contribution in [3.05, 3.63) is 53.0 Å². The minimum Gasteiger partial charge on any atom is -0.329 e. The smallest absolute Gasteiger partial charge is 0.243 e. The van der Waals surface area contributed by atoms with Crippen LogP contribution in [0.1, 0.15) is 6.92 Å². The molecule has 22 heavy (non-hydrogen) atoms. The van der Waals surface area contributed by atoms with Crippen molar-refractivity contribution in [1.82, 2.24) is 4.31 Å². The zero-order valence-corrected chi connectivity index (χ0v) is 14.9. The summed E-state index contributed by atoms with van der Waals surface area (Å²) >= 11 is 3.40. The van der Waals surface area contributed by atoms with Crippen LogP contribution in [-0.2, 0) is 10.0 Å². The van der Waals surface area contributed by atoms with E-state index in [0.29, 0.717) is 0 Å². The van der Waals surface area contributed by atoms with E-state index in [4.69, 9.17) is 5.73 Å². The second kappa shape index (κ2) is 6.91. The highest BCUT2D eigenvalue weighted by Gasteiger charge is 2.24. The van der Waals surface area contributed by atoms with Gasteiger partial charge in [-0.25, -0.2) is 8.42 Å². The Balaban J connectivity index is 2.30. The Labute approximate surface area is 140 Å². The fourth-order valence-corrected chi connectivity index (χ4v) is 3.65. The van der Waals surface area contributed by atoms with E-state index in [-0.39, 0.29) is 17.5 Å². The van der Waals surface area contributed by atoms with Crippen LogP contribution in [0.15, 0.2) is 57.9 Å². The highest BCUT2D eigenvalue weighted by molar-refractivity contribution is 9.10. The Morgan fingerprint density at radius 2 is 1.50 bits per heavy atom. The van der Waals surface area contributed by atoms with Gasteiger partial charge in [-0.15, -0.1) is 0 Å². The molecule has 1 atom stereocenters. The zero-order valence-electron chi connectivity index (χ0n) is 12.5. The number of hydrogen-bond acceptors (Lipinski definition) is 3. The van der Waals surface area contributed by atoms with E-state index in [1.807, 2.05) is 36.4 Å². The minimum absolute atomic E-state index is 0.240. The van der Waals surface area contributed by atoms with Gasteiger partial charge in [0.2, 0.25) is 10.0 Å². The number of nitrogens with zero attached hydrogens (tertiary/aromatic N) is 1. The fraction of sp³-hybridized carbons (Fsp3) is 0.250. The molecule has 0 amide bonds. The highest BCUT2D eigenvalue weighted by Crippen LogP contribution is 2.24. The SMILES string of the molecule is CC(CN)N(C)S(=O)(=O)c1ccc(-c2ccc(Br)cc2)cc1. The molecule has 2 N–H and O–H groups in total. The molecule has 2 aromatic carbocycles. The molecule has 0 spiro atoms. The average Bonchev–Trinajstić information content (AvgIpc) is 2.54. The maximum Gasteiger partial charge on any atom is 0.243 e. The topological polar surface area (TPSA) is 63.4 Å². The van der Waals surface area contributed by atoms with Crippen LogP contribution in [0.2, 0.25) is 0 Å². The predicted molar refractivity (Wildman–Crippen MR) is 93.0 cm³/mol. The molecular weight excluding hydrogens is 364 g/mol. The van der Waals surface area contributed by atoms with Crippen LogP contribution in [-0.4, -0.2) is 32.4 Å². The number of halogens is 1. The van der Waals surface area contributed by atoms with Gasteiger partial charge in [0.05, 0.1) is 4.90 Å². The third-order valence-electron chi connectivity index (χ3n) is 3.67. The van der Waals surface area contributed by atoms with Gasteiger partial charge in [0.1, 0.15) is 0 Å². The summed E-state index contributed by atoms with van der Waals surface area (Å²) in [5.74, 6) is 0. The molecule has 0 saturated carbocycles. The maximum atomic E-state index is 12.5.